The van der Waals surface area contributed by atoms with Gasteiger partial charge in [0.15, 0.2) is 11.6 Å². The van der Waals surface area contributed by atoms with Gasteiger partial charge in [-0.15, -0.1) is 0 Å². The lowest BCUT2D eigenvalue weighted by molar-refractivity contribution is 0.173. The quantitative estimate of drug-likeness (QED) is 0.104. The molecule has 1 atom stereocenters. The van der Waals surface area contributed by atoms with Crippen LogP contribution in [0.25, 0.3) is 11.3 Å². The summed E-state index contributed by atoms with van der Waals surface area (Å²) in [6.07, 6.45) is 18.2. The third kappa shape index (κ3) is 9.38. The smallest absolute Gasteiger partial charge is 0.207 e. The molecule has 7 rings (SSSR count). The fourth-order valence-corrected chi connectivity index (χ4v) is 7.73. The molecule has 53 heavy (non-hydrogen) atoms. The first-order chi connectivity index (χ1) is 25.9. The number of aliphatic imine (C=N–C) groups is 2. The molecule has 1 saturated heterocycles. The maximum Gasteiger partial charge on any atom is 0.207 e. The molecule has 3 fully saturated rings. The lowest BCUT2D eigenvalue weighted by atomic mass is 9.83. The molecule has 0 bridgehead atoms. The zero-order chi connectivity index (χ0) is 37.2. The van der Waals surface area contributed by atoms with Gasteiger partial charge in [0.1, 0.15) is 5.84 Å². The average Bonchev–Trinajstić information content (AvgIpc) is 3.68. The van der Waals surface area contributed by atoms with Crippen molar-refractivity contribution >= 4 is 11.7 Å². The Labute approximate surface area is 313 Å². The van der Waals surface area contributed by atoms with Crippen molar-refractivity contribution in [3.8, 4) is 23.7 Å². The molecule has 0 radical (unpaired) electrons. The highest BCUT2D eigenvalue weighted by Crippen LogP contribution is 2.38. The lowest BCUT2D eigenvalue weighted by Crippen LogP contribution is -2.44. The van der Waals surface area contributed by atoms with Crippen molar-refractivity contribution in [1.82, 2.24) is 19.9 Å². The zero-order valence-electron chi connectivity index (χ0n) is 31.1. The molecule has 0 spiro atoms. The van der Waals surface area contributed by atoms with Gasteiger partial charge in [-0.05, 0) is 87.3 Å². The number of hydrogen-bond acceptors (Lipinski definition) is 8. The molecule has 1 unspecified atom stereocenters. The monoisotopic (exact) mass is 710 g/mol. The van der Waals surface area contributed by atoms with Crippen LogP contribution >= 0.6 is 0 Å². The van der Waals surface area contributed by atoms with Crippen molar-refractivity contribution in [3.05, 3.63) is 107 Å². The first kappa shape index (κ1) is 37.4. The molecular formula is C43H50N8O2. The van der Waals surface area contributed by atoms with Crippen molar-refractivity contribution < 1.29 is 9.63 Å². The highest BCUT2D eigenvalue weighted by molar-refractivity contribution is 6.03. The van der Waals surface area contributed by atoms with Gasteiger partial charge in [-0.1, -0.05) is 79.2 Å². The Morgan fingerprint density at radius 2 is 1.62 bits per heavy atom. The van der Waals surface area contributed by atoms with Crippen LogP contribution < -0.4 is 0 Å². The number of aliphatic hydroxyl groups excluding tert-OH is 1. The van der Waals surface area contributed by atoms with E-state index in [1.165, 1.54) is 42.4 Å². The van der Waals surface area contributed by atoms with Gasteiger partial charge < -0.3 is 19.4 Å². The molecule has 3 heterocycles. The van der Waals surface area contributed by atoms with Crippen molar-refractivity contribution in [3.63, 3.8) is 0 Å². The molecule has 2 aromatic heterocycles. The zero-order valence-corrected chi connectivity index (χ0v) is 31.1. The Balaban J connectivity index is 0.000000182. The number of nitriles is 2. The number of benzene rings is 2. The van der Waals surface area contributed by atoms with Crippen LogP contribution in [0.15, 0.2) is 93.8 Å². The number of amidine groups is 2. The van der Waals surface area contributed by atoms with Crippen LogP contribution in [0.1, 0.15) is 105 Å². The number of pyridine rings is 1. The van der Waals surface area contributed by atoms with Crippen LogP contribution in [0, 0.1) is 35.8 Å². The second-order valence-corrected chi connectivity index (χ2v) is 14.8. The van der Waals surface area contributed by atoms with E-state index in [0.717, 1.165) is 61.3 Å². The molecule has 274 valence electrons. The SMILES string of the molecule is CC(C)c1ccc(/C(=N/C#N)N(C2CCC(CCO)CC2)C2CC2)cc1.Cc1ccc(-c2oncc2/C(=N/C#N)N2CCC(c3cccnc3)C2)cc1. The van der Waals surface area contributed by atoms with Gasteiger partial charge in [0, 0.05) is 61.2 Å². The van der Waals surface area contributed by atoms with Gasteiger partial charge in [-0.25, -0.2) is 0 Å². The van der Waals surface area contributed by atoms with Gasteiger partial charge >= 0.3 is 0 Å². The maximum atomic E-state index is 9.31. The van der Waals surface area contributed by atoms with E-state index in [2.05, 4.69) is 74.1 Å². The van der Waals surface area contributed by atoms with Crippen LogP contribution in [0.3, 0.4) is 0 Å². The summed E-state index contributed by atoms with van der Waals surface area (Å²) in [5.74, 6) is 3.62. The van der Waals surface area contributed by atoms with E-state index in [4.69, 9.17) is 4.52 Å². The fourth-order valence-electron chi connectivity index (χ4n) is 7.73. The Morgan fingerprint density at radius 3 is 2.23 bits per heavy atom. The van der Waals surface area contributed by atoms with Crippen LogP contribution in [0.5, 0.6) is 0 Å². The van der Waals surface area contributed by atoms with Gasteiger partial charge in [-0.2, -0.15) is 20.5 Å². The molecular weight excluding hydrogens is 661 g/mol. The maximum absolute atomic E-state index is 9.31. The summed E-state index contributed by atoms with van der Waals surface area (Å²) < 4.78 is 5.51. The predicted molar refractivity (Wildman–Crippen MR) is 207 cm³/mol. The second-order valence-electron chi connectivity index (χ2n) is 14.8. The summed E-state index contributed by atoms with van der Waals surface area (Å²) in [6, 6.07) is 21.7. The Bertz CT molecular complexity index is 1910. The molecule has 1 N–H and O–H groups in total. The number of aliphatic hydroxyl groups is 1. The van der Waals surface area contributed by atoms with Crippen LogP contribution in [0.2, 0.25) is 0 Å². The number of nitrogens with zero attached hydrogens (tertiary/aromatic N) is 8. The summed E-state index contributed by atoms with van der Waals surface area (Å²) in [5, 5.41) is 31.7. The van der Waals surface area contributed by atoms with E-state index in [1.807, 2.05) is 55.8 Å². The first-order valence-corrected chi connectivity index (χ1v) is 19.0. The highest BCUT2D eigenvalue weighted by atomic mass is 16.5. The van der Waals surface area contributed by atoms with Crippen LogP contribution in [0.4, 0.5) is 0 Å². The standard InChI is InChI=1S/C22H31N3O.C21H19N5O/c1-16(2)18-5-7-19(8-6-18)22(24-15-23)25(21-11-12-21)20-9-3-17(4-10-20)13-14-26;1-15-4-6-16(7-5-15)20-19(12-25-27-20)21(24-14-22)26-10-8-18(13-26)17-3-2-9-23-11-17/h5-8,16-17,20-21,26H,3-4,9-14H2,1-2H3;2-7,9,11-12,18H,8,10,13H2,1H3/b24-22-;24-21-. The minimum absolute atomic E-state index is 0.297. The molecule has 3 aliphatic rings. The third-order valence-electron chi connectivity index (χ3n) is 10.8. The van der Waals surface area contributed by atoms with E-state index in [0.29, 0.717) is 48.0 Å². The van der Waals surface area contributed by atoms with E-state index >= 15 is 0 Å². The summed E-state index contributed by atoms with van der Waals surface area (Å²) in [5.41, 5.74) is 6.41. The van der Waals surface area contributed by atoms with E-state index in [1.54, 1.807) is 12.4 Å². The molecule has 0 amide bonds. The summed E-state index contributed by atoms with van der Waals surface area (Å²) in [4.78, 5) is 17.2. The van der Waals surface area contributed by atoms with Crippen molar-refractivity contribution in [2.75, 3.05) is 19.7 Å². The third-order valence-corrected chi connectivity index (χ3v) is 10.8. The Morgan fingerprint density at radius 1 is 0.925 bits per heavy atom. The Hall–Kier alpha value is -5.32. The van der Waals surface area contributed by atoms with Crippen molar-refractivity contribution in [2.24, 2.45) is 15.9 Å². The number of hydrogen-bond donors (Lipinski definition) is 1. The van der Waals surface area contributed by atoms with Gasteiger partial charge in [-0.3, -0.25) is 4.98 Å². The summed E-state index contributed by atoms with van der Waals surface area (Å²) in [6.45, 7) is 8.33. The van der Waals surface area contributed by atoms with Crippen LogP contribution in [-0.4, -0.2) is 68.5 Å². The lowest BCUT2D eigenvalue weighted by Gasteiger charge is -2.39. The molecule has 1 aliphatic heterocycles. The van der Waals surface area contributed by atoms with Gasteiger partial charge in [0.2, 0.25) is 12.4 Å². The predicted octanol–water partition coefficient (Wildman–Crippen LogP) is 8.21. The largest absolute Gasteiger partial charge is 0.396 e. The normalized spacial score (nSPS) is 20.4. The first-order valence-electron chi connectivity index (χ1n) is 19.0. The van der Waals surface area contributed by atoms with Gasteiger partial charge in [0.05, 0.1) is 11.8 Å². The topological polar surface area (TPSA) is 138 Å². The second kappa shape index (κ2) is 17.9. The average molecular weight is 711 g/mol. The summed E-state index contributed by atoms with van der Waals surface area (Å²) in [7, 11) is 0. The number of rotatable bonds is 9. The molecule has 2 aromatic carbocycles. The summed E-state index contributed by atoms with van der Waals surface area (Å²) >= 11 is 0. The van der Waals surface area contributed by atoms with E-state index in [-0.39, 0.29) is 0 Å². The minimum atomic E-state index is 0.297. The number of likely N-dealkylation sites (tertiary alicyclic amines) is 1. The Kier molecular flexibility index (Phi) is 12.7. The number of aryl methyl sites for hydroxylation is 1. The highest BCUT2D eigenvalue weighted by Gasteiger charge is 2.38. The van der Waals surface area contributed by atoms with Gasteiger partial charge in [0.25, 0.3) is 0 Å². The molecule has 4 aromatic rings. The molecule has 2 aliphatic carbocycles. The molecule has 10 heteroatoms. The molecule has 2 saturated carbocycles. The van der Waals surface area contributed by atoms with E-state index in [9.17, 15) is 15.6 Å². The number of aromatic nitrogens is 2. The molecule has 10 nitrogen and oxygen atoms in total. The van der Waals surface area contributed by atoms with Crippen LogP contribution in [-0.2, 0) is 0 Å². The van der Waals surface area contributed by atoms with Crippen molar-refractivity contribution in [2.45, 2.75) is 96.1 Å². The minimum Gasteiger partial charge on any atom is -0.396 e. The fraction of sp³-hybridized carbons (Fsp3) is 0.442. The van der Waals surface area contributed by atoms with Crippen molar-refractivity contribution in [1.29, 1.82) is 10.5 Å². The van der Waals surface area contributed by atoms with E-state index < -0.39 is 0 Å².